The minimum absolute atomic E-state index is 0.00219. The van der Waals surface area contributed by atoms with Crippen molar-refractivity contribution in [1.82, 2.24) is 0 Å². The fourth-order valence-corrected chi connectivity index (χ4v) is 8.36. The van der Waals surface area contributed by atoms with Gasteiger partial charge in [0.05, 0.1) is 49.3 Å². The summed E-state index contributed by atoms with van der Waals surface area (Å²) in [7, 11) is -3.44. The molecular weight excluding hydrogens is 1170 g/mol. The Kier molecular flexibility index (Phi) is 26.4. The van der Waals surface area contributed by atoms with E-state index in [0.29, 0.717) is 85.2 Å². The zero-order valence-corrected chi connectivity index (χ0v) is 49.9. The van der Waals surface area contributed by atoms with Gasteiger partial charge in [0, 0.05) is 62.0 Å². The smallest absolute Gasteiger partial charge is 0.273 e. The van der Waals surface area contributed by atoms with Gasteiger partial charge in [-0.25, -0.2) is 0 Å². The summed E-state index contributed by atoms with van der Waals surface area (Å²) in [4.78, 5) is 9.51. The van der Waals surface area contributed by atoms with Gasteiger partial charge in [0.1, 0.15) is 42.0 Å². The zero-order chi connectivity index (χ0) is 54.1. The van der Waals surface area contributed by atoms with Crippen LogP contribution in [0.5, 0.6) is 28.7 Å². The number of phenols is 3. The third-order valence-corrected chi connectivity index (χ3v) is 22.8. The summed E-state index contributed by atoms with van der Waals surface area (Å²) in [6, 6.07) is 18.1. The molecular formula is C47H64Br2Cl5N5O9Si2. The van der Waals surface area contributed by atoms with E-state index >= 15 is 0 Å². The van der Waals surface area contributed by atoms with E-state index in [0.717, 1.165) is 16.1 Å². The van der Waals surface area contributed by atoms with Crippen LogP contribution in [-0.2, 0) is 8.85 Å². The Morgan fingerprint density at radius 1 is 0.557 bits per heavy atom. The number of halogens is 7. The van der Waals surface area contributed by atoms with E-state index in [1.165, 1.54) is 24.3 Å². The van der Waals surface area contributed by atoms with E-state index < -0.39 is 21.6 Å². The van der Waals surface area contributed by atoms with Crippen LogP contribution in [-0.4, -0.2) is 63.3 Å². The highest BCUT2D eigenvalue weighted by Gasteiger charge is 2.37. The lowest BCUT2D eigenvalue weighted by molar-refractivity contribution is -0.384. The molecule has 0 heterocycles. The number of aromatic hydroxyl groups is 3. The van der Waals surface area contributed by atoms with E-state index in [4.69, 9.17) is 115 Å². The van der Waals surface area contributed by atoms with Crippen molar-refractivity contribution in [2.45, 2.75) is 84.7 Å². The number of benzene rings is 5. The first-order chi connectivity index (χ1) is 32.0. The summed E-state index contributed by atoms with van der Waals surface area (Å²) in [5.41, 5.74) is 25.5. The Labute approximate surface area is 455 Å². The van der Waals surface area contributed by atoms with Gasteiger partial charge < -0.3 is 56.6 Å². The van der Waals surface area contributed by atoms with Crippen molar-refractivity contribution < 1.29 is 38.6 Å². The molecule has 0 aliphatic rings. The van der Waals surface area contributed by atoms with Crippen molar-refractivity contribution in [3.63, 3.8) is 0 Å². The summed E-state index contributed by atoms with van der Waals surface area (Å²) in [5, 5.41) is 39.2. The molecule has 0 atom stereocenters. The third kappa shape index (κ3) is 22.1. The second-order valence-corrected chi connectivity index (χ2v) is 31.6. The summed E-state index contributed by atoms with van der Waals surface area (Å²) in [5.74, 6) is 0.958. The number of rotatable bonds is 11. The highest BCUT2D eigenvalue weighted by Crippen LogP contribution is 2.38. The Morgan fingerprint density at radius 3 is 1.34 bits per heavy atom. The lowest BCUT2D eigenvalue weighted by Crippen LogP contribution is -2.41. The predicted octanol–water partition coefficient (Wildman–Crippen LogP) is 15.7. The molecule has 70 heavy (non-hydrogen) atoms. The van der Waals surface area contributed by atoms with Crippen molar-refractivity contribution in [2.75, 3.05) is 49.4 Å². The zero-order valence-electron chi connectivity index (χ0n) is 41.0. The van der Waals surface area contributed by atoms with Crippen LogP contribution < -0.4 is 32.4 Å². The molecule has 0 unspecified atom stereocenters. The molecule has 5 rings (SSSR count). The number of phenolic OH excluding ortho intramolecular Hbond substituents is 3. The third-order valence-electron chi connectivity index (χ3n) is 10.8. The van der Waals surface area contributed by atoms with E-state index in [1.807, 2.05) is 13.0 Å². The van der Waals surface area contributed by atoms with Gasteiger partial charge in [-0.3, -0.25) is 10.1 Å². The molecule has 0 radical (unpaired) electrons. The maximum absolute atomic E-state index is 10.1. The number of nitrogens with zero attached hydrogens (tertiary/aromatic N) is 1. The minimum Gasteiger partial charge on any atom is -0.506 e. The number of nitrogen functional groups attached to an aromatic ring is 4. The SMILES string of the molecule is CC(C)(C)[Si](C)(C)OCCOc1cc(N)c(Br)cc1Cl.Cc1cc(Cl)c(OCCO[Si](C)(C)C(C)(C)C)cc1N.Nc1cc(O)c(Cl)cc1Br.Nc1ccc(Cl)c(O)c1.O=[N+]([O-])c1ccc(Cl)c(O)c1. The number of anilines is 4. The number of hydrogen-bond donors (Lipinski definition) is 7. The molecule has 5 aromatic carbocycles. The number of nitro groups is 1. The predicted molar refractivity (Wildman–Crippen MR) is 304 cm³/mol. The van der Waals surface area contributed by atoms with Crippen molar-refractivity contribution >= 4 is 135 Å². The fourth-order valence-electron chi connectivity index (χ4n) is 4.46. The van der Waals surface area contributed by atoms with Gasteiger partial charge in [0.15, 0.2) is 16.6 Å². The quantitative estimate of drug-likeness (QED) is 0.0214. The van der Waals surface area contributed by atoms with Crippen LogP contribution in [0.25, 0.3) is 0 Å². The Bertz CT molecular complexity index is 2380. The topological polar surface area (TPSA) is 245 Å². The number of nitro benzene ring substituents is 1. The molecule has 11 N–H and O–H groups in total. The van der Waals surface area contributed by atoms with Gasteiger partial charge in [-0.1, -0.05) is 99.5 Å². The molecule has 0 saturated heterocycles. The van der Waals surface area contributed by atoms with E-state index in [9.17, 15) is 10.1 Å². The molecule has 0 aliphatic carbocycles. The number of nitrogens with two attached hydrogens (primary N) is 4. The Hall–Kier alpha value is -3.54. The van der Waals surface area contributed by atoms with E-state index in [2.05, 4.69) is 99.6 Å². The standard InChI is InChI=1S/C15H26ClNO2Si.C14H23BrClNO2Si.C6H5BrClNO.C6H4ClNO3.C6H6ClNO/c1-11-9-12(16)14(10-13(11)17)18-7-8-19-20(5,6)15(2,3)4;1-14(2,3)20(4,5)19-7-6-18-13-9-12(17)10(15)8-11(13)16;7-3-1-4(8)6(10)2-5(3)9;7-5-2-1-4(8(10)11)3-6(5)9;7-5-2-1-4(8)3-6(5)9/h9-10H,7-8,17H2,1-6H3;8-9H,6-7,17H2,1-5H3;1-2,10H,9H2;1-3,9H;1-3,9H,8H2. The van der Waals surface area contributed by atoms with Crippen molar-refractivity contribution in [1.29, 1.82) is 0 Å². The van der Waals surface area contributed by atoms with Crippen LogP contribution in [0, 0.1) is 17.0 Å². The lowest BCUT2D eigenvalue weighted by atomic mass is 10.2. The van der Waals surface area contributed by atoms with E-state index in [1.54, 1.807) is 36.4 Å². The molecule has 5 aromatic rings. The van der Waals surface area contributed by atoms with Gasteiger partial charge in [-0.15, -0.1) is 0 Å². The summed E-state index contributed by atoms with van der Waals surface area (Å²) >= 11 is 35.2. The molecule has 0 amide bonds. The number of aryl methyl sites for hydroxylation is 1. The molecule has 14 nitrogen and oxygen atoms in total. The molecule has 0 bridgehead atoms. The molecule has 0 spiro atoms. The average molecular weight is 1240 g/mol. The van der Waals surface area contributed by atoms with Crippen molar-refractivity contribution in [3.8, 4) is 28.7 Å². The maximum atomic E-state index is 10.1. The van der Waals surface area contributed by atoms with Crippen LogP contribution in [0.1, 0.15) is 47.1 Å². The number of ether oxygens (including phenoxy) is 2. The van der Waals surface area contributed by atoms with Gasteiger partial charge in [0.2, 0.25) is 0 Å². The second-order valence-electron chi connectivity index (χ2n) is 18.3. The van der Waals surface area contributed by atoms with Crippen LogP contribution in [0.2, 0.25) is 61.4 Å². The van der Waals surface area contributed by atoms with Gasteiger partial charge in [0.25, 0.3) is 5.69 Å². The number of non-ortho nitro benzene ring substituents is 1. The number of hydrogen-bond acceptors (Lipinski definition) is 13. The molecule has 0 aliphatic heterocycles. The molecule has 23 heteroatoms. The minimum atomic E-state index is -1.72. The van der Waals surface area contributed by atoms with Crippen LogP contribution in [0.15, 0.2) is 81.7 Å². The maximum Gasteiger partial charge on any atom is 0.273 e. The van der Waals surface area contributed by atoms with Crippen molar-refractivity contribution in [3.05, 3.63) is 123 Å². The molecule has 0 fully saturated rings. The normalized spacial score (nSPS) is 11.3. The van der Waals surface area contributed by atoms with Crippen LogP contribution in [0.3, 0.4) is 0 Å². The van der Waals surface area contributed by atoms with Crippen LogP contribution >= 0.6 is 89.9 Å². The Balaban J connectivity index is 0.000000455. The Morgan fingerprint density at radius 2 is 0.943 bits per heavy atom. The summed E-state index contributed by atoms with van der Waals surface area (Å²) in [6.07, 6.45) is 0. The molecule has 0 saturated carbocycles. The lowest BCUT2D eigenvalue weighted by Gasteiger charge is -2.36. The summed E-state index contributed by atoms with van der Waals surface area (Å²) < 4.78 is 24.9. The highest BCUT2D eigenvalue weighted by molar-refractivity contribution is 9.11. The average Bonchev–Trinajstić information content (AvgIpc) is 3.23. The van der Waals surface area contributed by atoms with Crippen molar-refractivity contribution in [2.24, 2.45) is 0 Å². The molecule has 0 aromatic heterocycles. The van der Waals surface area contributed by atoms with Crippen LogP contribution in [0.4, 0.5) is 28.4 Å². The monoisotopic (exact) mass is 1230 g/mol. The fraction of sp³-hybridized carbons (Fsp3) is 0.362. The summed E-state index contributed by atoms with van der Waals surface area (Å²) in [6.45, 7) is 26.2. The largest absolute Gasteiger partial charge is 0.506 e. The van der Waals surface area contributed by atoms with Gasteiger partial charge in [-0.2, -0.15) is 0 Å². The first kappa shape index (κ1) is 64.5. The first-order valence-corrected chi connectivity index (χ1v) is 30.4. The van der Waals surface area contributed by atoms with Gasteiger partial charge in [-0.05, 0) is 117 Å². The van der Waals surface area contributed by atoms with E-state index in [-0.39, 0.29) is 38.0 Å². The first-order valence-electron chi connectivity index (χ1n) is 21.1. The molecule has 388 valence electrons. The second kappa shape index (κ2) is 28.6. The highest BCUT2D eigenvalue weighted by atomic mass is 79.9. The van der Waals surface area contributed by atoms with Gasteiger partial charge >= 0.3 is 0 Å².